The van der Waals surface area contributed by atoms with Crippen LogP contribution in [-0.4, -0.2) is 19.6 Å². The minimum atomic E-state index is -4.95. The summed E-state index contributed by atoms with van der Waals surface area (Å²) >= 11 is 0. The predicted octanol–water partition coefficient (Wildman–Crippen LogP) is 2.25. The maximum atomic E-state index is 12.4. The van der Waals surface area contributed by atoms with Crippen molar-refractivity contribution in [1.82, 2.24) is 4.98 Å². The van der Waals surface area contributed by atoms with Crippen LogP contribution in [0.25, 0.3) is 0 Å². The molecule has 1 aromatic heterocycles. The van der Waals surface area contributed by atoms with Gasteiger partial charge in [0, 0.05) is 23.1 Å². The lowest BCUT2D eigenvalue weighted by molar-refractivity contribution is -0.131. The second-order valence-electron chi connectivity index (χ2n) is 2.68. The lowest BCUT2D eigenvalue weighted by Gasteiger charge is -2.16. The molecule has 1 unspecified atom stereocenters. The normalized spacial score (nSPS) is 14.9. The highest BCUT2D eigenvalue weighted by Crippen LogP contribution is 2.40. The van der Waals surface area contributed by atoms with E-state index in [-0.39, 0.29) is 0 Å². The van der Waals surface area contributed by atoms with Crippen LogP contribution in [0, 0.1) is 0 Å². The molecule has 1 heterocycles. The van der Waals surface area contributed by atoms with Crippen LogP contribution in [0.4, 0.5) is 13.2 Å². The SMILES string of the molecule is O=S(=O)(Cl)C(c1cccnc1)C(F)(F)F. The largest absolute Gasteiger partial charge is 0.410 e. The van der Waals surface area contributed by atoms with E-state index in [9.17, 15) is 21.6 Å². The van der Waals surface area contributed by atoms with E-state index in [1.54, 1.807) is 0 Å². The molecule has 1 aromatic rings. The van der Waals surface area contributed by atoms with Gasteiger partial charge in [0.05, 0.1) is 0 Å². The minimum absolute atomic E-state index is 0.500. The Bertz CT molecular complexity index is 431. The van der Waals surface area contributed by atoms with E-state index in [0.717, 1.165) is 12.3 Å². The fraction of sp³-hybridized carbons (Fsp3) is 0.286. The van der Waals surface area contributed by atoms with E-state index >= 15 is 0 Å². The average Bonchev–Trinajstić information content (AvgIpc) is 2.00. The van der Waals surface area contributed by atoms with Gasteiger partial charge in [0.15, 0.2) is 5.25 Å². The molecular formula is C7H5ClF3NO2S. The Morgan fingerprint density at radius 2 is 2.00 bits per heavy atom. The zero-order valence-electron chi connectivity index (χ0n) is 7.07. The summed E-state index contributed by atoms with van der Waals surface area (Å²) in [6, 6.07) is 2.21. The number of alkyl halides is 3. The summed E-state index contributed by atoms with van der Waals surface area (Å²) in [5, 5.41) is -2.74. The zero-order chi connectivity index (χ0) is 11.7. The van der Waals surface area contributed by atoms with Gasteiger partial charge in [-0.2, -0.15) is 13.2 Å². The van der Waals surface area contributed by atoms with Crippen molar-refractivity contribution in [3.05, 3.63) is 30.1 Å². The molecule has 0 aromatic carbocycles. The molecular weight excluding hydrogens is 255 g/mol. The molecule has 0 aliphatic carbocycles. The van der Waals surface area contributed by atoms with E-state index in [4.69, 9.17) is 10.7 Å². The van der Waals surface area contributed by atoms with E-state index in [1.165, 1.54) is 12.3 Å². The highest BCUT2D eigenvalue weighted by Gasteiger charge is 2.49. The quantitative estimate of drug-likeness (QED) is 0.766. The number of hydrogen-bond donors (Lipinski definition) is 0. The summed E-state index contributed by atoms with van der Waals surface area (Å²) in [5.74, 6) is 0. The molecule has 0 aliphatic heterocycles. The van der Waals surface area contributed by atoms with Gasteiger partial charge in [-0.3, -0.25) is 4.98 Å². The molecule has 0 saturated carbocycles. The van der Waals surface area contributed by atoms with Crippen molar-refractivity contribution in [3.8, 4) is 0 Å². The number of nitrogens with zero attached hydrogens (tertiary/aromatic N) is 1. The van der Waals surface area contributed by atoms with Crippen LogP contribution in [0.5, 0.6) is 0 Å². The molecule has 0 spiro atoms. The van der Waals surface area contributed by atoms with Gasteiger partial charge in [0.25, 0.3) is 0 Å². The van der Waals surface area contributed by atoms with E-state index < -0.39 is 26.0 Å². The third-order valence-electron chi connectivity index (χ3n) is 1.57. The van der Waals surface area contributed by atoms with E-state index in [0.29, 0.717) is 0 Å². The van der Waals surface area contributed by atoms with Crippen LogP contribution < -0.4 is 0 Å². The van der Waals surface area contributed by atoms with Crippen molar-refractivity contribution in [2.24, 2.45) is 0 Å². The maximum absolute atomic E-state index is 12.4. The van der Waals surface area contributed by atoms with Crippen molar-refractivity contribution >= 4 is 19.7 Å². The van der Waals surface area contributed by atoms with Crippen LogP contribution in [0.15, 0.2) is 24.5 Å². The molecule has 84 valence electrons. The third kappa shape index (κ3) is 3.07. The Morgan fingerprint density at radius 3 is 2.33 bits per heavy atom. The fourth-order valence-corrected chi connectivity index (χ4v) is 2.44. The van der Waals surface area contributed by atoms with Gasteiger partial charge in [-0.1, -0.05) is 6.07 Å². The van der Waals surface area contributed by atoms with Gasteiger partial charge in [-0.15, -0.1) is 0 Å². The molecule has 3 nitrogen and oxygen atoms in total. The standard InChI is InChI=1S/C7H5ClF3NO2S/c8-15(13,14)6(7(9,10)11)5-2-1-3-12-4-5/h1-4,6H. The lowest BCUT2D eigenvalue weighted by atomic mass is 10.2. The molecule has 0 N–H and O–H groups in total. The van der Waals surface area contributed by atoms with Gasteiger partial charge < -0.3 is 0 Å². The van der Waals surface area contributed by atoms with Crippen molar-refractivity contribution in [1.29, 1.82) is 0 Å². The van der Waals surface area contributed by atoms with Gasteiger partial charge in [0.2, 0.25) is 9.05 Å². The highest BCUT2D eigenvalue weighted by molar-refractivity contribution is 8.14. The van der Waals surface area contributed by atoms with Crippen molar-refractivity contribution in [3.63, 3.8) is 0 Å². The molecule has 0 bridgehead atoms. The molecule has 0 aliphatic rings. The first kappa shape index (κ1) is 12.3. The summed E-state index contributed by atoms with van der Waals surface area (Å²) in [6.45, 7) is 0. The Kier molecular flexibility index (Phi) is 3.25. The minimum Gasteiger partial charge on any atom is -0.264 e. The summed E-state index contributed by atoms with van der Waals surface area (Å²) in [4.78, 5) is 3.41. The second-order valence-corrected chi connectivity index (χ2v) is 5.40. The van der Waals surface area contributed by atoms with Crippen LogP contribution in [0.2, 0.25) is 0 Å². The van der Waals surface area contributed by atoms with Crippen LogP contribution in [0.1, 0.15) is 10.8 Å². The van der Waals surface area contributed by atoms with Crippen LogP contribution in [0.3, 0.4) is 0 Å². The second kappa shape index (κ2) is 3.97. The van der Waals surface area contributed by atoms with E-state index in [2.05, 4.69) is 4.98 Å². The topological polar surface area (TPSA) is 47.0 Å². The lowest BCUT2D eigenvalue weighted by Crippen LogP contribution is -2.25. The van der Waals surface area contributed by atoms with Crippen molar-refractivity contribution in [2.75, 3.05) is 0 Å². The zero-order valence-corrected chi connectivity index (χ0v) is 8.64. The molecule has 8 heteroatoms. The van der Waals surface area contributed by atoms with Gasteiger partial charge in [-0.25, -0.2) is 8.42 Å². The van der Waals surface area contributed by atoms with Crippen LogP contribution in [-0.2, 0) is 9.05 Å². The molecule has 15 heavy (non-hydrogen) atoms. The van der Waals surface area contributed by atoms with Crippen molar-refractivity contribution in [2.45, 2.75) is 11.4 Å². The monoisotopic (exact) mass is 259 g/mol. The highest BCUT2D eigenvalue weighted by atomic mass is 35.7. The number of rotatable bonds is 2. The summed E-state index contributed by atoms with van der Waals surface area (Å²) in [7, 11) is -0.0257. The summed E-state index contributed by atoms with van der Waals surface area (Å²) in [6.07, 6.45) is -2.90. The maximum Gasteiger partial charge on any atom is 0.410 e. The van der Waals surface area contributed by atoms with Crippen molar-refractivity contribution < 1.29 is 21.6 Å². The van der Waals surface area contributed by atoms with Gasteiger partial charge >= 0.3 is 6.18 Å². The fourth-order valence-electron chi connectivity index (χ4n) is 1.04. The predicted molar refractivity (Wildman–Crippen MR) is 47.8 cm³/mol. The molecule has 1 atom stereocenters. The summed E-state index contributed by atoms with van der Waals surface area (Å²) < 4.78 is 58.8. The smallest absolute Gasteiger partial charge is 0.264 e. The molecule has 0 radical (unpaired) electrons. The van der Waals surface area contributed by atoms with Gasteiger partial charge in [0.1, 0.15) is 0 Å². The number of pyridine rings is 1. The third-order valence-corrected chi connectivity index (χ3v) is 3.20. The first-order chi connectivity index (χ1) is 6.73. The Labute approximate surface area is 88.3 Å². The Morgan fingerprint density at radius 1 is 1.40 bits per heavy atom. The number of hydrogen-bond acceptors (Lipinski definition) is 3. The molecule has 0 fully saturated rings. The van der Waals surface area contributed by atoms with E-state index in [1.807, 2.05) is 0 Å². The number of aromatic nitrogens is 1. The Hall–Kier alpha value is -0.820. The first-order valence-electron chi connectivity index (χ1n) is 3.63. The van der Waals surface area contributed by atoms with Crippen LogP contribution >= 0.6 is 10.7 Å². The Balaban J connectivity index is 3.27. The average molecular weight is 260 g/mol. The molecule has 0 amide bonds. The molecule has 1 rings (SSSR count). The van der Waals surface area contributed by atoms with Gasteiger partial charge in [-0.05, 0) is 11.6 Å². The first-order valence-corrected chi connectivity index (χ1v) is 6.00. The number of halogens is 4. The molecule has 0 saturated heterocycles. The summed E-state index contributed by atoms with van der Waals surface area (Å²) in [5.41, 5.74) is -0.500.